The Balaban J connectivity index is 1.90. The SMILES string of the molecule is Cc1cc(F)ccc1-c1c(C(N)=O)cc(-c2ccnc3[nH]ccc23)n1COCC[Si](C)(C)C. The molecule has 3 heterocycles. The van der Waals surface area contributed by atoms with E-state index in [9.17, 15) is 9.18 Å². The highest BCUT2D eigenvalue weighted by Crippen LogP contribution is 2.37. The van der Waals surface area contributed by atoms with Crippen LogP contribution in [0.5, 0.6) is 0 Å². The number of primary amides is 1. The van der Waals surface area contributed by atoms with E-state index in [1.54, 1.807) is 18.3 Å². The van der Waals surface area contributed by atoms with Crippen molar-refractivity contribution in [1.29, 1.82) is 0 Å². The van der Waals surface area contributed by atoms with Gasteiger partial charge in [0.05, 0.1) is 17.0 Å². The highest BCUT2D eigenvalue weighted by molar-refractivity contribution is 6.76. The van der Waals surface area contributed by atoms with Crippen molar-refractivity contribution in [2.75, 3.05) is 6.61 Å². The van der Waals surface area contributed by atoms with Gasteiger partial charge in [0.2, 0.25) is 0 Å². The van der Waals surface area contributed by atoms with Crippen LogP contribution in [0.3, 0.4) is 0 Å². The van der Waals surface area contributed by atoms with Crippen molar-refractivity contribution < 1.29 is 13.9 Å². The topological polar surface area (TPSA) is 85.9 Å². The second-order valence-corrected chi connectivity index (χ2v) is 15.1. The van der Waals surface area contributed by atoms with Crippen LogP contribution in [-0.2, 0) is 11.5 Å². The molecule has 6 nitrogen and oxygen atoms in total. The summed E-state index contributed by atoms with van der Waals surface area (Å²) in [6.45, 7) is 9.59. The van der Waals surface area contributed by atoms with Crippen LogP contribution in [0.4, 0.5) is 4.39 Å². The van der Waals surface area contributed by atoms with E-state index < -0.39 is 14.0 Å². The molecule has 172 valence electrons. The maximum Gasteiger partial charge on any atom is 0.250 e. The van der Waals surface area contributed by atoms with E-state index in [2.05, 4.69) is 29.6 Å². The van der Waals surface area contributed by atoms with E-state index in [0.29, 0.717) is 23.4 Å². The number of carbonyl (C=O) groups excluding carboxylic acids is 1. The molecule has 33 heavy (non-hydrogen) atoms. The number of carbonyl (C=O) groups is 1. The number of benzene rings is 1. The lowest BCUT2D eigenvalue weighted by Crippen LogP contribution is -2.22. The maximum absolute atomic E-state index is 13.9. The number of nitrogens with two attached hydrogens (primary N) is 1. The number of halogens is 1. The zero-order chi connectivity index (χ0) is 23.8. The van der Waals surface area contributed by atoms with Gasteiger partial charge in [0.1, 0.15) is 18.2 Å². The van der Waals surface area contributed by atoms with Crippen molar-refractivity contribution in [1.82, 2.24) is 14.5 Å². The first kappa shape index (κ1) is 22.9. The fourth-order valence-corrected chi connectivity index (χ4v) is 4.75. The van der Waals surface area contributed by atoms with Crippen molar-refractivity contribution >= 4 is 25.0 Å². The molecule has 0 unspecified atom stereocenters. The van der Waals surface area contributed by atoms with Gasteiger partial charge in [-0.3, -0.25) is 4.79 Å². The molecular weight excluding hydrogens is 435 g/mol. The molecule has 0 radical (unpaired) electrons. The Hall–Kier alpha value is -3.23. The Morgan fingerprint density at radius 2 is 1.97 bits per heavy atom. The van der Waals surface area contributed by atoms with Crippen LogP contribution in [0, 0.1) is 12.7 Å². The molecule has 1 amide bonds. The van der Waals surface area contributed by atoms with Gasteiger partial charge in [-0.25, -0.2) is 9.37 Å². The number of H-pyrrole nitrogens is 1. The van der Waals surface area contributed by atoms with Gasteiger partial charge in [-0.15, -0.1) is 0 Å². The molecule has 0 aliphatic rings. The van der Waals surface area contributed by atoms with Crippen molar-refractivity contribution in [3.8, 4) is 22.5 Å². The highest BCUT2D eigenvalue weighted by atomic mass is 28.3. The molecule has 0 aliphatic carbocycles. The monoisotopic (exact) mass is 464 g/mol. The molecule has 4 aromatic rings. The van der Waals surface area contributed by atoms with Crippen LogP contribution in [0.1, 0.15) is 15.9 Å². The predicted molar refractivity (Wildman–Crippen MR) is 132 cm³/mol. The van der Waals surface area contributed by atoms with Gasteiger partial charge in [-0.2, -0.15) is 0 Å². The van der Waals surface area contributed by atoms with E-state index in [1.807, 2.05) is 29.8 Å². The first-order chi connectivity index (χ1) is 15.7. The standard InChI is InChI=1S/C25H29FN4O2Si/c1-16-13-17(26)5-6-18(16)23-21(24(27)31)14-22(30(23)15-32-11-12-33(2,3)4)19-7-9-28-25-20(19)8-10-29-25/h5-10,13-14H,11-12,15H2,1-4H3,(H2,27,31)(H,28,29). The number of amides is 1. The average Bonchev–Trinajstić information content (AvgIpc) is 3.35. The average molecular weight is 465 g/mol. The molecule has 0 saturated carbocycles. The molecule has 0 spiro atoms. The van der Waals surface area contributed by atoms with Gasteiger partial charge < -0.3 is 20.0 Å². The fraction of sp³-hybridized carbons (Fsp3) is 0.280. The molecule has 3 N–H and O–H groups in total. The van der Waals surface area contributed by atoms with Crippen LogP contribution in [0.15, 0.2) is 48.8 Å². The van der Waals surface area contributed by atoms with Crippen molar-refractivity contribution in [2.24, 2.45) is 5.73 Å². The van der Waals surface area contributed by atoms with E-state index in [1.165, 1.54) is 12.1 Å². The van der Waals surface area contributed by atoms with Crippen LogP contribution in [-0.4, -0.2) is 35.1 Å². The number of pyridine rings is 1. The van der Waals surface area contributed by atoms with Crippen molar-refractivity contribution in [3.63, 3.8) is 0 Å². The number of nitrogens with one attached hydrogen (secondary N) is 1. The summed E-state index contributed by atoms with van der Waals surface area (Å²) in [6.07, 6.45) is 3.56. The number of aromatic amines is 1. The number of ether oxygens (including phenoxy) is 1. The van der Waals surface area contributed by atoms with Crippen LogP contribution >= 0.6 is 0 Å². The number of hydrogen-bond donors (Lipinski definition) is 2. The van der Waals surface area contributed by atoms with E-state index in [4.69, 9.17) is 10.5 Å². The summed E-state index contributed by atoms with van der Waals surface area (Å²) in [5.74, 6) is -0.875. The quantitative estimate of drug-likeness (QED) is 0.264. The number of fused-ring (bicyclic) bond motifs is 1. The number of aromatic nitrogens is 3. The molecule has 1 aromatic carbocycles. The largest absolute Gasteiger partial charge is 0.366 e. The molecule has 4 rings (SSSR count). The molecule has 0 atom stereocenters. The van der Waals surface area contributed by atoms with E-state index >= 15 is 0 Å². The summed E-state index contributed by atoms with van der Waals surface area (Å²) in [5.41, 5.74) is 10.7. The summed E-state index contributed by atoms with van der Waals surface area (Å²) >= 11 is 0. The Labute approximate surface area is 193 Å². The van der Waals surface area contributed by atoms with Gasteiger partial charge in [0.15, 0.2) is 0 Å². The summed E-state index contributed by atoms with van der Waals surface area (Å²) < 4.78 is 21.9. The normalized spacial score (nSPS) is 11.9. The molecule has 8 heteroatoms. The smallest absolute Gasteiger partial charge is 0.250 e. The maximum atomic E-state index is 13.9. The number of aryl methyl sites for hydroxylation is 1. The fourth-order valence-electron chi connectivity index (χ4n) is 4.00. The Kier molecular flexibility index (Phi) is 6.23. The summed E-state index contributed by atoms with van der Waals surface area (Å²) in [4.78, 5) is 20.0. The first-order valence-corrected chi connectivity index (χ1v) is 14.7. The van der Waals surface area contributed by atoms with Crippen molar-refractivity contribution in [2.45, 2.75) is 39.3 Å². The zero-order valence-corrected chi connectivity index (χ0v) is 20.4. The van der Waals surface area contributed by atoms with Crippen LogP contribution in [0.25, 0.3) is 33.5 Å². The third-order valence-electron chi connectivity index (χ3n) is 5.76. The molecule has 0 bridgehead atoms. The number of nitrogens with zero attached hydrogens (tertiary/aromatic N) is 2. The Bertz CT molecular complexity index is 1320. The predicted octanol–water partition coefficient (Wildman–Crippen LogP) is 5.56. The van der Waals surface area contributed by atoms with E-state index in [0.717, 1.165) is 33.9 Å². The molecular formula is C25H29FN4O2Si. The lowest BCUT2D eigenvalue weighted by molar-refractivity contribution is 0.0893. The third-order valence-corrected chi connectivity index (χ3v) is 7.46. The Morgan fingerprint density at radius 1 is 1.18 bits per heavy atom. The second kappa shape index (κ2) is 8.96. The molecule has 0 aliphatic heterocycles. The van der Waals surface area contributed by atoms with Crippen molar-refractivity contribution in [3.05, 3.63) is 65.7 Å². The second-order valence-electron chi connectivity index (χ2n) is 9.49. The third kappa shape index (κ3) is 4.77. The van der Waals surface area contributed by atoms with Gasteiger partial charge in [0.25, 0.3) is 5.91 Å². The van der Waals surface area contributed by atoms with Gasteiger partial charge in [0, 0.05) is 43.6 Å². The minimum absolute atomic E-state index is 0.244. The molecule has 3 aromatic heterocycles. The van der Waals surface area contributed by atoms with Crippen LogP contribution in [0.2, 0.25) is 25.7 Å². The minimum Gasteiger partial charge on any atom is -0.366 e. The van der Waals surface area contributed by atoms with Gasteiger partial charge in [-0.05, 0) is 54.9 Å². The summed E-state index contributed by atoms with van der Waals surface area (Å²) in [5, 5.41) is 0.928. The minimum atomic E-state index is -1.27. The van der Waals surface area contributed by atoms with Gasteiger partial charge in [-0.1, -0.05) is 19.6 Å². The zero-order valence-electron chi connectivity index (χ0n) is 19.4. The molecule has 0 fully saturated rings. The lowest BCUT2D eigenvalue weighted by Gasteiger charge is -2.19. The molecule has 0 saturated heterocycles. The van der Waals surface area contributed by atoms with E-state index in [-0.39, 0.29) is 12.5 Å². The summed E-state index contributed by atoms with van der Waals surface area (Å²) in [7, 11) is -1.27. The first-order valence-electron chi connectivity index (χ1n) is 11.0. The van der Waals surface area contributed by atoms with Crippen LogP contribution < -0.4 is 5.73 Å². The summed E-state index contributed by atoms with van der Waals surface area (Å²) in [6, 6.07) is 11.2. The number of rotatable bonds is 8. The van der Waals surface area contributed by atoms with Gasteiger partial charge >= 0.3 is 0 Å². The lowest BCUT2D eigenvalue weighted by atomic mass is 10.0. The number of hydrogen-bond acceptors (Lipinski definition) is 3. The Morgan fingerprint density at radius 3 is 2.67 bits per heavy atom. The highest BCUT2D eigenvalue weighted by Gasteiger charge is 2.24.